The van der Waals surface area contributed by atoms with Gasteiger partial charge in [-0.05, 0) is 18.4 Å². The van der Waals surface area contributed by atoms with Crippen LogP contribution in [0.15, 0.2) is 35.3 Å². The maximum atomic E-state index is 9.87. The number of ether oxygens (including phenoxy) is 1. The first-order valence-electron chi connectivity index (χ1n) is 8.10. The summed E-state index contributed by atoms with van der Waals surface area (Å²) < 4.78 is 5.48. The summed E-state index contributed by atoms with van der Waals surface area (Å²) in [5.41, 5.74) is 6.95. The lowest BCUT2D eigenvalue weighted by Gasteiger charge is -2.23. The van der Waals surface area contributed by atoms with Gasteiger partial charge >= 0.3 is 0 Å². The van der Waals surface area contributed by atoms with E-state index in [4.69, 9.17) is 10.5 Å². The molecule has 4 N–H and O–H groups in total. The molecule has 0 aliphatic heterocycles. The average molecular weight is 433 g/mol. The second kappa shape index (κ2) is 11.6. The van der Waals surface area contributed by atoms with E-state index in [1.165, 1.54) is 19.3 Å². The summed E-state index contributed by atoms with van der Waals surface area (Å²) in [5, 5.41) is 13.1. The number of aliphatic hydroxyl groups is 1. The highest BCUT2D eigenvalue weighted by Gasteiger charge is 2.13. The monoisotopic (exact) mass is 433 g/mol. The summed E-state index contributed by atoms with van der Waals surface area (Å²) in [7, 11) is 0. The van der Waals surface area contributed by atoms with E-state index >= 15 is 0 Å². The summed E-state index contributed by atoms with van der Waals surface area (Å²) in [6.45, 7) is 1.02. The van der Waals surface area contributed by atoms with Gasteiger partial charge in [0.15, 0.2) is 5.96 Å². The third kappa shape index (κ3) is 8.53. The van der Waals surface area contributed by atoms with Crippen molar-refractivity contribution in [3.8, 4) is 0 Å². The van der Waals surface area contributed by atoms with Crippen molar-refractivity contribution in [1.82, 2.24) is 5.32 Å². The first-order chi connectivity index (χ1) is 10.7. The molecule has 0 spiro atoms. The van der Waals surface area contributed by atoms with E-state index in [0.717, 1.165) is 18.4 Å². The second-order valence-corrected chi connectivity index (χ2v) is 5.86. The molecule has 0 heterocycles. The van der Waals surface area contributed by atoms with Crippen molar-refractivity contribution in [1.29, 1.82) is 0 Å². The summed E-state index contributed by atoms with van der Waals surface area (Å²) in [5.74, 6) is 0.425. The molecule has 1 atom stereocenters. The van der Waals surface area contributed by atoms with Gasteiger partial charge in [-0.2, -0.15) is 0 Å². The average Bonchev–Trinajstić information content (AvgIpc) is 2.55. The SMILES string of the molecule is I.NC(=NCC(O)COCc1ccccc1)NC1CCCCC1. The lowest BCUT2D eigenvalue weighted by atomic mass is 9.96. The Morgan fingerprint density at radius 1 is 1.26 bits per heavy atom. The molecule has 1 aromatic carbocycles. The Morgan fingerprint density at radius 2 is 1.96 bits per heavy atom. The van der Waals surface area contributed by atoms with Gasteiger partial charge in [0.1, 0.15) is 0 Å². The maximum Gasteiger partial charge on any atom is 0.188 e. The number of nitrogens with zero attached hydrogens (tertiary/aromatic N) is 1. The summed E-state index contributed by atoms with van der Waals surface area (Å²) in [6.07, 6.45) is 5.49. The van der Waals surface area contributed by atoms with Gasteiger partial charge in [-0.1, -0.05) is 49.6 Å². The third-order valence-corrected chi connectivity index (χ3v) is 3.85. The third-order valence-electron chi connectivity index (χ3n) is 3.85. The van der Waals surface area contributed by atoms with Crippen LogP contribution in [-0.4, -0.2) is 36.4 Å². The van der Waals surface area contributed by atoms with E-state index in [1.807, 2.05) is 30.3 Å². The molecule has 1 fully saturated rings. The van der Waals surface area contributed by atoms with E-state index in [0.29, 0.717) is 18.6 Å². The van der Waals surface area contributed by atoms with Crippen molar-refractivity contribution in [3.63, 3.8) is 0 Å². The van der Waals surface area contributed by atoms with Crippen LogP contribution in [0.4, 0.5) is 0 Å². The van der Waals surface area contributed by atoms with Crippen molar-refractivity contribution in [2.24, 2.45) is 10.7 Å². The van der Waals surface area contributed by atoms with Crippen molar-refractivity contribution in [3.05, 3.63) is 35.9 Å². The van der Waals surface area contributed by atoms with E-state index in [-0.39, 0.29) is 37.1 Å². The van der Waals surface area contributed by atoms with Crippen LogP contribution < -0.4 is 11.1 Å². The Labute approximate surface area is 155 Å². The lowest BCUT2D eigenvalue weighted by molar-refractivity contribution is 0.0331. The molecule has 5 nitrogen and oxygen atoms in total. The predicted octanol–water partition coefficient (Wildman–Crippen LogP) is 2.42. The molecule has 1 unspecified atom stereocenters. The van der Waals surface area contributed by atoms with Crippen LogP contribution >= 0.6 is 24.0 Å². The van der Waals surface area contributed by atoms with Crippen molar-refractivity contribution >= 4 is 29.9 Å². The van der Waals surface area contributed by atoms with E-state index < -0.39 is 6.10 Å². The smallest absolute Gasteiger partial charge is 0.188 e. The van der Waals surface area contributed by atoms with Crippen LogP contribution in [0.1, 0.15) is 37.7 Å². The van der Waals surface area contributed by atoms with Gasteiger partial charge in [0.25, 0.3) is 0 Å². The summed E-state index contributed by atoms with van der Waals surface area (Å²) in [6, 6.07) is 10.3. The molecule has 1 saturated carbocycles. The van der Waals surface area contributed by atoms with Crippen LogP contribution in [0.5, 0.6) is 0 Å². The fourth-order valence-corrected chi connectivity index (χ4v) is 2.65. The number of aliphatic imine (C=N–C) groups is 1. The normalized spacial score (nSPS) is 17.3. The quantitative estimate of drug-likeness (QED) is 0.351. The molecular formula is C17H28IN3O2. The maximum absolute atomic E-state index is 9.87. The molecule has 2 rings (SSSR count). The number of hydrogen-bond acceptors (Lipinski definition) is 3. The number of guanidine groups is 1. The van der Waals surface area contributed by atoms with Gasteiger partial charge in [-0.15, -0.1) is 24.0 Å². The van der Waals surface area contributed by atoms with E-state index in [2.05, 4.69) is 10.3 Å². The predicted molar refractivity (Wildman–Crippen MR) is 104 cm³/mol. The molecule has 0 bridgehead atoms. The fraction of sp³-hybridized carbons (Fsp3) is 0.588. The highest BCUT2D eigenvalue weighted by molar-refractivity contribution is 14.0. The Bertz CT molecular complexity index is 450. The van der Waals surface area contributed by atoms with Gasteiger partial charge in [-0.3, -0.25) is 4.99 Å². The standard InChI is InChI=1S/C17H27N3O2.HI/c18-17(20-15-9-5-2-6-10-15)19-11-16(21)13-22-12-14-7-3-1-4-8-14;/h1,3-4,7-8,15-16,21H,2,5-6,9-13H2,(H3,18,19,20);1H. The summed E-state index contributed by atoms with van der Waals surface area (Å²) in [4.78, 5) is 4.20. The van der Waals surface area contributed by atoms with Crippen LogP contribution in [0.25, 0.3) is 0 Å². The minimum atomic E-state index is -0.629. The summed E-state index contributed by atoms with van der Waals surface area (Å²) >= 11 is 0. The molecule has 0 aromatic heterocycles. The van der Waals surface area contributed by atoms with Gasteiger partial charge < -0.3 is 20.9 Å². The minimum absolute atomic E-state index is 0. The Morgan fingerprint density at radius 3 is 2.65 bits per heavy atom. The van der Waals surface area contributed by atoms with E-state index in [9.17, 15) is 5.11 Å². The number of nitrogens with two attached hydrogens (primary N) is 1. The molecule has 0 amide bonds. The van der Waals surface area contributed by atoms with Crippen LogP contribution in [-0.2, 0) is 11.3 Å². The topological polar surface area (TPSA) is 79.9 Å². The zero-order chi connectivity index (χ0) is 15.6. The molecule has 6 heteroatoms. The van der Waals surface area contributed by atoms with Crippen LogP contribution in [0.3, 0.4) is 0 Å². The molecule has 23 heavy (non-hydrogen) atoms. The first-order valence-corrected chi connectivity index (χ1v) is 8.10. The second-order valence-electron chi connectivity index (χ2n) is 5.86. The molecule has 1 aliphatic rings. The zero-order valence-electron chi connectivity index (χ0n) is 13.5. The van der Waals surface area contributed by atoms with Crippen molar-refractivity contribution < 1.29 is 9.84 Å². The molecule has 0 saturated heterocycles. The van der Waals surface area contributed by atoms with Gasteiger partial charge in [-0.25, -0.2) is 0 Å². The number of aliphatic hydroxyl groups excluding tert-OH is 1. The number of benzene rings is 1. The van der Waals surface area contributed by atoms with Crippen molar-refractivity contribution in [2.75, 3.05) is 13.2 Å². The Kier molecular flexibility index (Phi) is 10.2. The van der Waals surface area contributed by atoms with Gasteiger partial charge in [0.2, 0.25) is 0 Å². The number of rotatable bonds is 7. The van der Waals surface area contributed by atoms with Crippen LogP contribution in [0, 0.1) is 0 Å². The largest absolute Gasteiger partial charge is 0.389 e. The Hall–Kier alpha value is -0.860. The number of halogens is 1. The molecule has 130 valence electrons. The molecule has 0 radical (unpaired) electrons. The van der Waals surface area contributed by atoms with Crippen LogP contribution in [0.2, 0.25) is 0 Å². The van der Waals surface area contributed by atoms with Gasteiger partial charge in [0, 0.05) is 6.04 Å². The molecular weight excluding hydrogens is 405 g/mol. The highest BCUT2D eigenvalue weighted by atomic mass is 127. The number of nitrogens with one attached hydrogen (secondary N) is 1. The molecule has 1 aliphatic carbocycles. The minimum Gasteiger partial charge on any atom is -0.389 e. The Balaban J connectivity index is 0.00000264. The first kappa shape index (κ1) is 20.2. The fourth-order valence-electron chi connectivity index (χ4n) is 2.65. The van der Waals surface area contributed by atoms with Gasteiger partial charge in [0.05, 0.1) is 25.9 Å². The van der Waals surface area contributed by atoms with E-state index in [1.54, 1.807) is 0 Å². The molecule has 1 aromatic rings. The lowest BCUT2D eigenvalue weighted by Crippen LogP contribution is -2.41. The van der Waals surface area contributed by atoms with Crippen molar-refractivity contribution in [2.45, 2.75) is 50.9 Å². The highest BCUT2D eigenvalue weighted by Crippen LogP contribution is 2.16. The zero-order valence-corrected chi connectivity index (χ0v) is 15.8. The number of hydrogen-bond donors (Lipinski definition) is 3.